The van der Waals surface area contributed by atoms with E-state index in [1.807, 2.05) is 0 Å². The molecule has 0 heterocycles. The molecule has 0 atom stereocenters. The number of rotatable bonds is 8. The molecule has 0 aliphatic carbocycles. The maximum atomic E-state index is 14.3. The van der Waals surface area contributed by atoms with Crippen LogP contribution in [0, 0.1) is 83.1 Å². The van der Waals surface area contributed by atoms with Crippen molar-refractivity contribution in [2.45, 2.75) is 83.1 Å². The first kappa shape index (κ1) is 32.3. The van der Waals surface area contributed by atoms with Gasteiger partial charge in [0.1, 0.15) is 0 Å². The summed E-state index contributed by atoms with van der Waals surface area (Å²) in [6.07, 6.45) is 0. The van der Waals surface area contributed by atoms with Crippen molar-refractivity contribution in [1.82, 2.24) is 0 Å². The minimum absolute atomic E-state index is 1.16. The lowest BCUT2D eigenvalue weighted by atomic mass is 10.1. The molecule has 0 bridgehead atoms. The van der Waals surface area contributed by atoms with Crippen LogP contribution in [0.5, 0.6) is 0 Å². The molecule has 0 aromatic heterocycles. The van der Waals surface area contributed by atoms with Crippen LogP contribution < -0.4 is 20.7 Å². The first-order chi connectivity index (χ1) is 19.7. The largest absolute Gasteiger partial charge is 0.674 e. The Hall–Kier alpha value is -2.67. The van der Waals surface area contributed by atoms with Gasteiger partial charge in [0.15, 0.2) is 0 Å². The van der Waals surface area contributed by atoms with Crippen molar-refractivity contribution in [1.29, 1.82) is 0 Å². The summed E-state index contributed by atoms with van der Waals surface area (Å²) in [5, 5.41) is 4.64. The van der Waals surface area contributed by atoms with Crippen LogP contribution in [0.2, 0.25) is 0 Å². The van der Waals surface area contributed by atoms with Crippen LogP contribution in [0.1, 0.15) is 66.8 Å². The van der Waals surface area contributed by atoms with Crippen molar-refractivity contribution in [3.63, 3.8) is 0 Å². The maximum Gasteiger partial charge on any atom is 0.674 e. The van der Waals surface area contributed by atoms with Crippen LogP contribution in [0.15, 0.2) is 48.5 Å². The predicted molar refractivity (Wildman–Crippen MR) is 182 cm³/mol. The SMILES string of the molecule is Cc1cc(C)c([Si](O[P+](=O)O[Si](c2c(C)cc(C)cc2C)c2c(C)cc(C)cc2C)c2c(C)cc(C)cc2C)c(C)c1. The van der Waals surface area contributed by atoms with E-state index < -0.39 is 26.3 Å². The Labute approximate surface area is 257 Å². The fourth-order valence-corrected chi connectivity index (χ4v) is 13.8. The van der Waals surface area contributed by atoms with Crippen LogP contribution >= 0.6 is 8.25 Å². The zero-order valence-corrected chi connectivity index (χ0v) is 30.2. The van der Waals surface area contributed by atoms with E-state index in [4.69, 9.17) is 8.43 Å². The Morgan fingerprint density at radius 1 is 0.381 bits per heavy atom. The number of hydrogen-bond acceptors (Lipinski definition) is 3. The van der Waals surface area contributed by atoms with Gasteiger partial charge in [-0.1, -0.05) is 70.8 Å². The molecule has 0 N–H and O–H groups in total. The van der Waals surface area contributed by atoms with Crippen molar-refractivity contribution < 1.29 is 13.0 Å². The fourth-order valence-electron chi connectivity index (χ4n) is 6.75. The van der Waals surface area contributed by atoms with Gasteiger partial charge in [0, 0.05) is 4.57 Å². The van der Waals surface area contributed by atoms with Gasteiger partial charge in [-0.2, -0.15) is 8.43 Å². The van der Waals surface area contributed by atoms with Gasteiger partial charge in [-0.25, -0.2) is 0 Å². The lowest BCUT2D eigenvalue weighted by Gasteiger charge is -2.21. The molecule has 0 saturated carbocycles. The highest BCUT2D eigenvalue weighted by Gasteiger charge is 2.42. The van der Waals surface area contributed by atoms with Gasteiger partial charge in [0.2, 0.25) is 0 Å². The summed E-state index contributed by atoms with van der Waals surface area (Å²) >= 11 is 0. The summed E-state index contributed by atoms with van der Waals surface area (Å²) < 4.78 is 27.7. The number of hydrogen-bond donors (Lipinski definition) is 0. The topological polar surface area (TPSA) is 35.5 Å². The Morgan fingerprint density at radius 3 is 0.714 bits per heavy atom. The molecule has 0 amide bonds. The first-order valence-electron chi connectivity index (χ1n) is 14.6. The second-order valence-electron chi connectivity index (χ2n) is 12.2. The highest BCUT2D eigenvalue weighted by Crippen LogP contribution is 2.29. The average Bonchev–Trinajstić information content (AvgIpc) is 2.81. The van der Waals surface area contributed by atoms with Gasteiger partial charge in [-0.3, -0.25) is 0 Å². The Kier molecular flexibility index (Phi) is 9.91. The maximum absolute atomic E-state index is 14.3. The molecule has 2 radical (unpaired) electrons. The molecule has 0 aliphatic heterocycles. The summed E-state index contributed by atoms with van der Waals surface area (Å²) in [6.45, 7) is 25.6. The minimum atomic E-state index is -2.44. The van der Waals surface area contributed by atoms with Crippen molar-refractivity contribution in [2.24, 2.45) is 0 Å². The van der Waals surface area contributed by atoms with Crippen molar-refractivity contribution >= 4 is 47.1 Å². The van der Waals surface area contributed by atoms with Crippen molar-refractivity contribution in [2.75, 3.05) is 0 Å². The Morgan fingerprint density at radius 2 is 0.548 bits per heavy atom. The predicted octanol–water partition coefficient (Wildman–Crippen LogP) is 6.99. The second kappa shape index (κ2) is 12.9. The third-order valence-corrected chi connectivity index (χ3v) is 15.6. The molecule has 4 rings (SSSR count). The zero-order valence-electron chi connectivity index (χ0n) is 27.3. The molecule has 0 aliphatic rings. The van der Waals surface area contributed by atoms with Crippen molar-refractivity contribution in [3.8, 4) is 0 Å². The van der Waals surface area contributed by atoms with E-state index in [1.54, 1.807) is 0 Å². The zero-order chi connectivity index (χ0) is 31.0. The summed E-state index contributed by atoms with van der Waals surface area (Å²) in [5.41, 5.74) is 14.2. The summed E-state index contributed by atoms with van der Waals surface area (Å²) in [7, 11) is -6.25. The highest BCUT2D eigenvalue weighted by atomic mass is 31.1. The van der Waals surface area contributed by atoms with Gasteiger partial charge in [0.25, 0.3) is 0 Å². The smallest absolute Gasteiger partial charge is 0.164 e. The van der Waals surface area contributed by atoms with Crippen LogP contribution in [0.3, 0.4) is 0 Å². The molecule has 0 spiro atoms. The third-order valence-electron chi connectivity index (χ3n) is 7.95. The lowest BCUT2D eigenvalue weighted by Crippen LogP contribution is -2.50. The van der Waals surface area contributed by atoms with E-state index in [-0.39, 0.29) is 0 Å². The van der Waals surface area contributed by atoms with E-state index >= 15 is 0 Å². The molecule has 0 fully saturated rings. The number of benzene rings is 4. The molecule has 218 valence electrons. The quantitative estimate of drug-likeness (QED) is 0.159. The standard InChI is InChI=1S/C36H44O3PSi2/c1-21-13-25(5)33(26(6)14-21)41(34-27(7)15-22(2)16-28(34)8)38-40(37)39-42(35-29(9)17-23(3)18-30(35)10)36-31(11)19-24(4)20-32(36)12/h13-20H,1-12H3/q+1. The molecular weight excluding hydrogens is 568 g/mol. The van der Waals surface area contributed by atoms with Crippen LogP contribution in [-0.4, -0.2) is 18.1 Å². The van der Waals surface area contributed by atoms with Gasteiger partial charge in [-0.15, -0.1) is 0 Å². The first-order valence-corrected chi connectivity index (χ1v) is 18.5. The van der Waals surface area contributed by atoms with Gasteiger partial charge in [-0.05, 0) is 148 Å². The lowest BCUT2D eigenvalue weighted by molar-refractivity contribution is 0.432. The van der Waals surface area contributed by atoms with Gasteiger partial charge < -0.3 is 0 Å². The molecular formula is C36H44O3PSi2+. The molecule has 4 aromatic rings. The van der Waals surface area contributed by atoms with E-state index in [2.05, 4.69) is 132 Å². The van der Waals surface area contributed by atoms with Crippen LogP contribution in [-0.2, 0) is 13.0 Å². The van der Waals surface area contributed by atoms with Crippen LogP contribution in [0.4, 0.5) is 0 Å². The summed E-state index contributed by atoms with van der Waals surface area (Å²) in [6, 6.07) is 17.6. The minimum Gasteiger partial charge on any atom is -0.164 e. The monoisotopic (exact) mass is 611 g/mol. The molecule has 0 unspecified atom stereocenters. The third kappa shape index (κ3) is 6.77. The van der Waals surface area contributed by atoms with E-state index in [1.165, 1.54) is 66.8 Å². The normalized spacial score (nSPS) is 11.6. The van der Waals surface area contributed by atoms with Crippen molar-refractivity contribution in [3.05, 3.63) is 115 Å². The molecule has 6 heteroatoms. The average molecular weight is 612 g/mol. The number of aryl methyl sites for hydroxylation is 12. The summed E-state index contributed by atoms with van der Waals surface area (Å²) in [5.74, 6) is 0. The molecule has 42 heavy (non-hydrogen) atoms. The molecule has 0 saturated heterocycles. The Bertz CT molecular complexity index is 1360. The van der Waals surface area contributed by atoms with Gasteiger partial charge in [0.05, 0.1) is 0 Å². The highest BCUT2D eigenvalue weighted by molar-refractivity contribution is 7.38. The fraction of sp³-hybridized carbons (Fsp3) is 0.333. The van der Waals surface area contributed by atoms with Crippen LogP contribution in [0.25, 0.3) is 0 Å². The van der Waals surface area contributed by atoms with E-state index in [0.29, 0.717) is 0 Å². The molecule has 4 aromatic carbocycles. The van der Waals surface area contributed by atoms with Gasteiger partial charge >= 0.3 is 26.3 Å². The van der Waals surface area contributed by atoms with E-state index in [0.717, 1.165) is 20.7 Å². The second-order valence-corrected chi connectivity index (χ2v) is 17.4. The summed E-state index contributed by atoms with van der Waals surface area (Å²) in [4.78, 5) is 0. The molecule has 3 nitrogen and oxygen atoms in total. The Balaban J connectivity index is 1.86. The van der Waals surface area contributed by atoms with E-state index in [9.17, 15) is 4.57 Å².